The summed E-state index contributed by atoms with van der Waals surface area (Å²) in [7, 11) is 1.62. The molecule has 0 fully saturated rings. The zero-order valence-corrected chi connectivity index (χ0v) is 11.8. The van der Waals surface area contributed by atoms with Crippen LogP contribution in [0.15, 0.2) is 35.1 Å². The molecule has 2 rings (SSSR count). The molecule has 0 saturated heterocycles. The van der Waals surface area contributed by atoms with Crippen molar-refractivity contribution in [2.75, 3.05) is 18.6 Å². The van der Waals surface area contributed by atoms with E-state index in [1.807, 2.05) is 24.5 Å². The Morgan fingerprint density at radius 3 is 2.84 bits per heavy atom. The molecule has 1 aromatic carbocycles. The topological polar surface area (TPSA) is 51.1 Å². The lowest BCUT2D eigenvalue weighted by Crippen LogP contribution is -2.32. The average molecular weight is 276 g/mol. The van der Waals surface area contributed by atoms with E-state index in [0.717, 1.165) is 11.1 Å². The molecule has 0 spiro atoms. The van der Waals surface area contributed by atoms with E-state index in [2.05, 4.69) is 5.32 Å². The molecule has 19 heavy (non-hydrogen) atoms. The SMILES string of the molecule is CSCCNC(=O)c1cc2ccccc2c(=O)n1C. The second-order valence-corrected chi connectivity index (χ2v) is 5.22. The quantitative estimate of drug-likeness (QED) is 0.864. The number of hydrogen-bond acceptors (Lipinski definition) is 3. The third-order valence-corrected chi connectivity index (χ3v) is 3.59. The second-order valence-electron chi connectivity index (χ2n) is 4.23. The van der Waals surface area contributed by atoms with Crippen LogP contribution in [-0.4, -0.2) is 29.0 Å². The normalized spacial score (nSPS) is 10.6. The van der Waals surface area contributed by atoms with Crippen molar-refractivity contribution < 1.29 is 4.79 Å². The summed E-state index contributed by atoms with van der Waals surface area (Å²) in [6.45, 7) is 0.598. The highest BCUT2D eigenvalue weighted by Crippen LogP contribution is 2.11. The molecule has 1 aromatic heterocycles. The van der Waals surface area contributed by atoms with Crippen molar-refractivity contribution in [3.8, 4) is 0 Å². The third kappa shape index (κ3) is 2.81. The first kappa shape index (κ1) is 13.7. The van der Waals surface area contributed by atoms with Crippen molar-refractivity contribution in [3.05, 3.63) is 46.4 Å². The van der Waals surface area contributed by atoms with Crippen LogP contribution in [0.25, 0.3) is 10.8 Å². The van der Waals surface area contributed by atoms with Gasteiger partial charge in [0.05, 0.1) is 0 Å². The van der Waals surface area contributed by atoms with Gasteiger partial charge in [-0.2, -0.15) is 11.8 Å². The predicted molar refractivity (Wildman–Crippen MR) is 79.9 cm³/mol. The van der Waals surface area contributed by atoms with Gasteiger partial charge < -0.3 is 9.88 Å². The zero-order chi connectivity index (χ0) is 13.8. The van der Waals surface area contributed by atoms with Gasteiger partial charge in [-0.25, -0.2) is 0 Å². The minimum atomic E-state index is -0.209. The summed E-state index contributed by atoms with van der Waals surface area (Å²) >= 11 is 1.67. The molecule has 1 amide bonds. The maximum atomic E-state index is 12.2. The van der Waals surface area contributed by atoms with Crippen LogP contribution in [-0.2, 0) is 7.05 Å². The molecule has 1 N–H and O–H groups in total. The molecule has 0 unspecified atom stereocenters. The van der Waals surface area contributed by atoms with E-state index < -0.39 is 0 Å². The summed E-state index contributed by atoms with van der Waals surface area (Å²) in [5.41, 5.74) is 0.248. The van der Waals surface area contributed by atoms with Crippen molar-refractivity contribution in [1.82, 2.24) is 9.88 Å². The van der Waals surface area contributed by atoms with Crippen LogP contribution in [0.5, 0.6) is 0 Å². The summed E-state index contributed by atoms with van der Waals surface area (Å²) in [5, 5.41) is 4.24. The van der Waals surface area contributed by atoms with Gasteiger partial charge in [-0.05, 0) is 23.8 Å². The number of rotatable bonds is 4. The van der Waals surface area contributed by atoms with Gasteiger partial charge in [-0.15, -0.1) is 0 Å². The second kappa shape index (κ2) is 5.93. The molecule has 0 bridgehead atoms. The first-order chi connectivity index (χ1) is 9.15. The fourth-order valence-corrected chi connectivity index (χ4v) is 2.23. The number of carbonyl (C=O) groups is 1. The van der Waals surface area contributed by atoms with Crippen molar-refractivity contribution in [2.45, 2.75) is 0 Å². The smallest absolute Gasteiger partial charge is 0.268 e. The van der Waals surface area contributed by atoms with E-state index in [1.165, 1.54) is 4.57 Å². The molecule has 0 aliphatic heterocycles. The number of carbonyl (C=O) groups excluding carboxylic acids is 1. The van der Waals surface area contributed by atoms with Crippen LogP contribution in [0.3, 0.4) is 0 Å². The summed E-state index contributed by atoms with van der Waals surface area (Å²) < 4.78 is 1.40. The monoisotopic (exact) mass is 276 g/mol. The van der Waals surface area contributed by atoms with Gasteiger partial charge in [0, 0.05) is 24.7 Å². The van der Waals surface area contributed by atoms with E-state index in [9.17, 15) is 9.59 Å². The van der Waals surface area contributed by atoms with Gasteiger partial charge in [0.1, 0.15) is 5.69 Å². The highest BCUT2D eigenvalue weighted by atomic mass is 32.2. The number of nitrogens with one attached hydrogen (secondary N) is 1. The van der Waals surface area contributed by atoms with E-state index >= 15 is 0 Å². The summed E-state index contributed by atoms with van der Waals surface area (Å²) in [6.07, 6.45) is 1.98. The lowest BCUT2D eigenvalue weighted by atomic mass is 10.1. The van der Waals surface area contributed by atoms with E-state index in [1.54, 1.807) is 30.9 Å². The molecule has 1 heterocycles. The molecule has 5 heteroatoms. The van der Waals surface area contributed by atoms with Crippen LogP contribution < -0.4 is 10.9 Å². The number of pyridine rings is 1. The third-order valence-electron chi connectivity index (χ3n) is 2.97. The van der Waals surface area contributed by atoms with Crippen molar-refractivity contribution in [2.24, 2.45) is 7.05 Å². The Bertz CT molecular complexity index is 664. The summed E-state index contributed by atoms with van der Waals surface area (Å²) in [6, 6.07) is 9.05. The molecule has 0 atom stereocenters. The summed E-state index contributed by atoms with van der Waals surface area (Å²) in [4.78, 5) is 24.2. The van der Waals surface area contributed by atoms with Crippen molar-refractivity contribution >= 4 is 28.4 Å². The standard InChI is InChI=1S/C14H16N2O2S/c1-16-12(13(17)15-7-8-19-2)9-10-5-3-4-6-11(10)14(16)18/h3-6,9H,7-8H2,1-2H3,(H,15,17). The number of fused-ring (bicyclic) bond motifs is 1. The molecule has 0 aliphatic carbocycles. The first-order valence-electron chi connectivity index (χ1n) is 6.01. The number of nitrogens with zero attached hydrogens (tertiary/aromatic N) is 1. The highest BCUT2D eigenvalue weighted by Gasteiger charge is 2.12. The number of amides is 1. The van der Waals surface area contributed by atoms with Crippen LogP contribution in [0.2, 0.25) is 0 Å². The molecule has 0 aliphatic rings. The molecule has 0 radical (unpaired) electrons. The Morgan fingerprint density at radius 1 is 1.37 bits per heavy atom. The number of thioether (sulfide) groups is 1. The van der Waals surface area contributed by atoms with Crippen molar-refractivity contribution in [3.63, 3.8) is 0 Å². The Morgan fingerprint density at radius 2 is 2.11 bits per heavy atom. The van der Waals surface area contributed by atoms with E-state index in [0.29, 0.717) is 17.6 Å². The summed E-state index contributed by atoms with van der Waals surface area (Å²) in [5.74, 6) is 0.646. The van der Waals surface area contributed by atoms with E-state index in [-0.39, 0.29) is 11.5 Å². The Kier molecular flexibility index (Phi) is 4.27. The molecular weight excluding hydrogens is 260 g/mol. The van der Waals surface area contributed by atoms with Crippen LogP contribution in [0.4, 0.5) is 0 Å². The van der Waals surface area contributed by atoms with E-state index in [4.69, 9.17) is 0 Å². The Balaban J connectivity index is 2.41. The molecular formula is C14H16N2O2S. The molecule has 100 valence electrons. The maximum absolute atomic E-state index is 12.2. The largest absolute Gasteiger partial charge is 0.350 e. The lowest BCUT2D eigenvalue weighted by Gasteiger charge is -2.10. The van der Waals surface area contributed by atoms with Gasteiger partial charge in [-0.3, -0.25) is 9.59 Å². The van der Waals surface area contributed by atoms with Crippen molar-refractivity contribution in [1.29, 1.82) is 0 Å². The predicted octanol–water partition coefficient (Wildman–Crippen LogP) is 1.63. The average Bonchev–Trinajstić information content (AvgIpc) is 2.43. The zero-order valence-electron chi connectivity index (χ0n) is 11.0. The first-order valence-corrected chi connectivity index (χ1v) is 7.40. The minimum Gasteiger partial charge on any atom is -0.350 e. The fourth-order valence-electron chi connectivity index (χ4n) is 1.93. The molecule has 2 aromatic rings. The van der Waals surface area contributed by atoms with Gasteiger partial charge >= 0.3 is 0 Å². The minimum absolute atomic E-state index is 0.145. The number of hydrogen-bond donors (Lipinski definition) is 1. The van der Waals surface area contributed by atoms with Crippen LogP contribution in [0, 0.1) is 0 Å². The number of benzene rings is 1. The van der Waals surface area contributed by atoms with Crippen LogP contribution >= 0.6 is 11.8 Å². The fraction of sp³-hybridized carbons (Fsp3) is 0.286. The Labute approximate surface area is 115 Å². The maximum Gasteiger partial charge on any atom is 0.268 e. The molecule has 4 nitrogen and oxygen atoms in total. The van der Waals surface area contributed by atoms with Gasteiger partial charge in [0.25, 0.3) is 11.5 Å². The molecule has 0 saturated carbocycles. The van der Waals surface area contributed by atoms with Crippen LogP contribution in [0.1, 0.15) is 10.5 Å². The number of aromatic nitrogens is 1. The van der Waals surface area contributed by atoms with Gasteiger partial charge in [-0.1, -0.05) is 18.2 Å². The highest BCUT2D eigenvalue weighted by molar-refractivity contribution is 7.98. The Hall–Kier alpha value is -1.75. The van der Waals surface area contributed by atoms with Gasteiger partial charge in [0.2, 0.25) is 0 Å². The lowest BCUT2D eigenvalue weighted by molar-refractivity contribution is 0.0947. The van der Waals surface area contributed by atoms with Gasteiger partial charge in [0.15, 0.2) is 0 Å².